The first kappa shape index (κ1) is 30.9. The van der Waals surface area contributed by atoms with Crippen LogP contribution in [-0.4, -0.2) is 16.4 Å². The lowest BCUT2D eigenvalue weighted by atomic mass is 9.90. The van der Waals surface area contributed by atoms with Gasteiger partial charge in [-0.25, -0.2) is 4.99 Å². The topological polar surface area (TPSA) is 44.6 Å². The summed E-state index contributed by atoms with van der Waals surface area (Å²) in [5.41, 5.74) is 10.7. The molecule has 1 aromatic heterocycles. The van der Waals surface area contributed by atoms with Gasteiger partial charge in [0.2, 0.25) is 0 Å². The predicted octanol–water partition coefficient (Wildman–Crippen LogP) is 11.0. The molecule has 0 spiro atoms. The molecule has 54 heavy (non-hydrogen) atoms. The standard InChI is InChI=1S/C49H37N5/c1-3-15-33(16-4-1)47-50-48(52-49(51-47)36-27-26-32-14-7-8-17-34(32)28-36)35-18-13-21-38(29-35)54-44-25-12-10-23-40(44)42-30-41-39-22-9-11-24-43(39)53(45(41)31-46(42)54)37-19-5-2-6-20-37/h1-31,40,44,47,49,51H,(H,50,52). The summed E-state index contributed by atoms with van der Waals surface area (Å²) in [5, 5.41) is 12.6. The van der Waals surface area contributed by atoms with Crippen LogP contribution < -0.4 is 15.5 Å². The van der Waals surface area contributed by atoms with Crippen molar-refractivity contribution >= 4 is 49.8 Å². The lowest BCUT2D eigenvalue weighted by Gasteiger charge is -2.33. The van der Waals surface area contributed by atoms with Gasteiger partial charge in [-0.3, -0.25) is 5.32 Å². The summed E-state index contributed by atoms with van der Waals surface area (Å²) >= 11 is 0. The molecule has 0 amide bonds. The molecule has 0 saturated heterocycles. The molecule has 0 fully saturated rings. The quantitative estimate of drug-likeness (QED) is 0.188. The molecule has 3 aliphatic rings. The lowest BCUT2D eigenvalue weighted by Crippen LogP contribution is -2.45. The van der Waals surface area contributed by atoms with Gasteiger partial charge >= 0.3 is 0 Å². The van der Waals surface area contributed by atoms with Crippen molar-refractivity contribution in [2.24, 2.45) is 4.99 Å². The van der Waals surface area contributed by atoms with Crippen molar-refractivity contribution in [3.05, 3.63) is 210 Å². The second kappa shape index (κ2) is 12.5. The largest absolute Gasteiger partial charge is 0.350 e. The van der Waals surface area contributed by atoms with Crippen LogP contribution in [0.1, 0.15) is 40.5 Å². The highest BCUT2D eigenvalue weighted by molar-refractivity contribution is 6.11. The molecular formula is C49H37N5. The van der Waals surface area contributed by atoms with E-state index in [2.05, 4.69) is 208 Å². The van der Waals surface area contributed by atoms with E-state index in [9.17, 15) is 0 Å². The molecule has 3 heterocycles. The molecule has 258 valence electrons. The molecule has 1 aliphatic carbocycles. The second-order valence-electron chi connectivity index (χ2n) is 14.5. The van der Waals surface area contributed by atoms with Gasteiger partial charge in [0.15, 0.2) is 0 Å². The van der Waals surface area contributed by atoms with E-state index >= 15 is 0 Å². The SMILES string of the molecule is C1=CC2c3cc4c5ccccc5n(-c5ccccc5)c4cc3N(c3cccc(C4=NC(c5ccccc5)NC(c5ccc6ccccc6c5)N4)c3)C2C=C1. The monoisotopic (exact) mass is 695 g/mol. The molecule has 2 N–H and O–H groups in total. The van der Waals surface area contributed by atoms with Gasteiger partial charge in [0.1, 0.15) is 18.2 Å². The zero-order chi connectivity index (χ0) is 35.6. The third kappa shape index (κ3) is 5.01. The number of amidine groups is 1. The first-order valence-corrected chi connectivity index (χ1v) is 18.8. The van der Waals surface area contributed by atoms with Crippen molar-refractivity contribution < 1.29 is 0 Å². The molecule has 8 aromatic rings. The number of hydrogen-bond acceptors (Lipinski definition) is 4. The Morgan fingerprint density at radius 3 is 2.19 bits per heavy atom. The number of fused-ring (bicyclic) bond motifs is 7. The second-order valence-corrected chi connectivity index (χ2v) is 14.5. The van der Waals surface area contributed by atoms with Crippen LogP contribution in [0, 0.1) is 0 Å². The van der Waals surface area contributed by atoms with E-state index in [1.54, 1.807) is 0 Å². The van der Waals surface area contributed by atoms with Gasteiger partial charge in [0, 0.05) is 39.3 Å². The van der Waals surface area contributed by atoms with Crippen LogP contribution in [0.4, 0.5) is 11.4 Å². The third-order valence-corrected chi connectivity index (χ3v) is 11.3. The Bertz CT molecular complexity index is 2810. The predicted molar refractivity (Wildman–Crippen MR) is 223 cm³/mol. The number of aromatic nitrogens is 1. The number of anilines is 2. The van der Waals surface area contributed by atoms with Gasteiger partial charge < -0.3 is 14.8 Å². The normalized spacial score (nSPS) is 20.2. The molecule has 0 bridgehead atoms. The molecule has 5 nitrogen and oxygen atoms in total. The average Bonchev–Trinajstić information content (AvgIpc) is 3.75. The van der Waals surface area contributed by atoms with Gasteiger partial charge in [-0.2, -0.15) is 0 Å². The van der Waals surface area contributed by atoms with Crippen LogP contribution in [0.2, 0.25) is 0 Å². The van der Waals surface area contributed by atoms with Crippen molar-refractivity contribution in [2.45, 2.75) is 24.3 Å². The minimum Gasteiger partial charge on any atom is -0.350 e. The summed E-state index contributed by atoms with van der Waals surface area (Å²) < 4.78 is 2.41. The molecule has 11 rings (SSSR count). The van der Waals surface area contributed by atoms with Crippen molar-refractivity contribution in [1.29, 1.82) is 0 Å². The van der Waals surface area contributed by atoms with Crippen LogP contribution in [0.25, 0.3) is 38.3 Å². The number of nitrogens with zero attached hydrogens (tertiary/aromatic N) is 3. The highest BCUT2D eigenvalue weighted by atomic mass is 15.3. The number of allylic oxidation sites excluding steroid dienone is 2. The maximum absolute atomic E-state index is 5.31. The molecule has 2 aliphatic heterocycles. The number of aliphatic imine (C=N–C) groups is 1. The first-order chi connectivity index (χ1) is 26.8. The number of rotatable bonds is 5. The first-order valence-electron chi connectivity index (χ1n) is 18.8. The molecule has 0 radical (unpaired) electrons. The number of nitrogens with one attached hydrogen (secondary N) is 2. The molecular weight excluding hydrogens is 659 g/mol. The van der Waals surface area contributed by atoms with E-state index in [0.717, 1.165) is 28.3 Å². The maximum Gasteiger partial charge on any atom is 0.131 e. The zero-order valence-electron chi connectivity index (χ0n) is 29.5. The number of benzene rings is 7. The Balaban J connectivity index is 1.04. The van der Waals surface area contributed by atoms with E-state index in [4.69, 9.17) is 4.99 Å². The summed E-state index contributed by atoms with van der Waals surface area (Å²) in [4.78, 5) is 7.85. The summed E-state index contributed by atoms with van der Waals surface area (Å²) in [6, 6.07) is 59.2. The van der Waals surface area contributed by atoms with Crippen molar-refractivity contribution in [2.75, 3.05) is 4.90 Å². The van der Waals surface area contributed by atoms with E-state index in [1.165, 1.54) is 49.4 Å². The summed E-state index contributed by atoms with van der Waals surface area (Å²) in [6.45, 7) is 0. The molecule has 4 unspecified atom stereocenters. The van der Waals surface area contributed by atoms with Crippen LogP contribution in [0.15, 0.2) is 193 Å². The fourth-order valence-corrected chi connectivity index (χ4v) is 8.83. The van der Waals surface area contributed by atoms with Gasteiger partial charge in [-0.15, -0.1) is 0 Å². The minimum atomic E-state index is -0.209. The fraction of sp³-hybridized carbons (Fsp3) is 0.0816. The molecule has 5 heteroatoms. The van der Waals surface area contributed by atoms with E-state index in [-0.39, 0.29) is 24.3 Å². The van der Waals surface area contributed by atoms with Gasteiger partial charge in [-0.1, -0.05) is 140 Å². The Kier molecular flexibility index (Phi) is 7.13. The van der Waals surface area contributed by atoms with Gasteiger partial charge in [-0.05, 0) is 76.0 Å². The smallest absolute Gasteiger partial charge is 0.131 e. The van der Waals surface area contributed by atoms with Crippen LogP contribution in [-0.2, 0) is 0 Å². The number of para-hydroxylation sites is 2. The van der Waals surface area contributed by atoms with E-state index in [1.807, 2.05) is 0 Å². The van der Waals surface area contributed by atoms with E-state index < -0.39 is 0 Å². The summed E-state index contributed by atoms with van der Waals surface area (Å²) in [7, 11) is 0. The van der Waals surface area contributed by atoms with Crippen molar-refractivity contribution in [1.82, 2.24) is 15.2 Å². The molecule has 0 saturated carbocycles. The van der Waals surface area contributed by atoms with Gasteiger partial charge in [0.25, 0.3) is 0 Å². The Morgan fingerprint density at radius 1 is 0.537 bits per heavy atom. The average molecular weight is 696 g/mol. The Morgan fingerprint density at radius 2 is 1.30 bits per heavy atom. The summed E-state index contributed by atoms with van der Waals surface area (Å²) in [6.07, 6.45) is 8.78. The van der Waals surface area contributed by atoms with Gasteiger partial charge in [0.05, 0.1) is 17.1 Å². The summed E-state index contributed by atoms with van der Waals surface area (Å²) in [5.74, 6) is 1.11. The Labute approximate surface area is 314 Å². The molecule has 4 atom stereocenters. The van der Waals surface area contributed by atoms with E-state index in [0.29, 0.717) is 0 Å². The van der Waals surface area contributed by atoms with Crippen LogP contribution >= 0.6 is 0 Å². The Hall–Kier alpha value is -6.69. The maximum atomic E-state index is 5.31. The van der Waals surface area contributed by atoms with Crippen LogP contribution in [0.3, 0.4) is 0 Å². The van der Waals surface area contributed by atoms with Crippen LogP contribution in [0.5, 0.6) is 0 Å². The highest BCUT2D eigenvalue weighted by Gasteiger charge is 2.38. The number of hydrogen-bond donors (Lipinski definition) is 2. The highest BCUT2D eigenvalue weighted by Crippen LogP contribution is 2.50. The fourth-order valence-electron chi connectivity index (χ4n) is 8.83. The zero-order valence-corrected chi connectivity index (χ0v) is 29.5. The lowest BCUT2D eigenvalue weighted by molar-refractivity contribution is 0.409. The minimum absolute atomic E-state index is 0.132. The van der Waals surface area contributed by atoms with Crippen molar-refractivity contribution in [3.63, 3.8) is 0 Å². The molecule has 7 aromatic carbocycles. The third-order valence-electron chi connectivity index (χ3n) is 11.3. The van der Waals surface area contributed by atoms with Crippen molar-refractivity contribution in [3.8, 4) is 5.69 Å².